The van der Waals surface area contributed by atoms with Gasteiger partial charge in [0.1, 0.15) is 5.69 Å². The summed E-state index contributed by atoms with van der Waals surface area (Å²) >= 11 is 0. The standard InChI is InChI=1S/C22H30N4O3/c1-15(2)20-24-19(25-29-20)13-17-7-12-28-22(14-17)8-10-26(11-9-22)21(27)18-6-4-5-16(3)23-18/h4-6,15,17H,7-14H2,1-3H3. The van der Waals surface area contributed by atoms with E-state index >= 15 is 0 Å². The van der Waals surface area contributed by atoms with E-state index < -0.39 is 0 Å². The first-order valence-electron chi connectivity index (χ1n) is 10.6. The van der Waals surface area contributed by atoms with Crippen LogP contribution < -0.4 is 0 Å². The zero-order chi connectivity index (χ0) is 20.4. The molecular weight excluding hydrogens is 368 g/mol. The summed E-state index contributed by atoms with van der Waals surface area (Å²) in [4.78, 5) is 23.6. The van der Waals surface area contributed by atoms with Crippen molar-refractivity contribution in [2.75, 3.05) is 19.7 Å². The zero-order valence-electron chi connectivity index (χ0n) is 17.6. The number of carbonyl (C=O) groups is 1. The van der Waals surface area contributed by atoms with Crippen molar-refractivity contribution in [3.8, 4) is 0 Å². The van der Waals surface area contributed by atoms with Gasteiger partial charge in [-0.3, -0.25) is 4.79 Å². The van der Waals surface area contributed by atoms with Gasteiger partial charge in [0, 0.05) is 37.7 Å². The van der Waals surface area contributed by atoms with Crippen LogP contribution in [0, 0.1) is 12.8 Å². The minimum absolute atomic E-state index is 0.0175. The van der Waals surface area contributed by atoms with Gasteiger partial charge in [-0.25, -0.2) is 4.98 Å². The van der Waals surface area contributed by atoms with Gasteiger partial charge in [-0.05, 0) is 50.7 Å². The van der Waals surface area contributed by atoms with Gasteiger partial charge < -0.3 is 14.2 Å². The van der Waals surface area contributed by atoms with Crippen LogP contribution in [0.4, 0.5) is 0 Å². The van der Waals surface area contributed by atoms with Gasteiger partial charge in [0.15, 0.2) is 5.82 Å². The smallest absolute Gasteiger partial charge is 0.272 e. The minimum atomic E-state index is -0.135. The first-order valence-corrected chi connectivity index (χ1v) is 10.6. The summed E-state index contributed by atoms with van der Waals surface area (Å²) in [6, 6.07) is 5.59. The SMILES string of the molecule is Cc1cccc(C(=O)N2CCC3(CC2)CC(Cc2noc(C(C)C)n2)CCO3)n1. The second-order valence-corrected chi connectivity index (χ2v) is 8.75. The van der Waals surface area contributed by atoms with E-state index in [1.807, 2.05) is 24.0 Å². The first-order chi connectivity index (χ1) is 13.9. The number of likely N-dealkylation sites (tertiary alicyclic amines) is 1. The Hall–Kier alpha value is -2.28. The summed E-state index contributed by atoms with van der Waals surface area (Å²) in [6.45, 7) is 8.20. The number of amides is 1. The summed E-state index contributed by atoms with van der Waals surface area (Å²) < 4.78 is 11.6. The molecule has 0 aromatic carbocycles. The molecule has 2 aromatic rings. The van der Waals surface area contributed by atoms with Crippen LogP contribution in [0.3, 0.4) is 0 Å². The highest BCUT2D eigenvalue weighted by Crippen LogP contribution is 2.38. The highest BCUT2D eigenvalue weighted by Gasteiger charge is 2.41. The number of rotatable bonds is 4. The maximum Gasteiger partial charge on any atom is 0.272 e. The Morgan fingerprint density at radius 3 is 2.76 bits per heavy atom. The Morgan fingerprint density at radius 1 is 1.28 bits per heavy atom. The fraction of sp³-hybridized carbons (Fsp3) is 0.636. The number of carbonyl (C=O) groups excluding carboxylic acids is 1. The second kappa shape index (κ2) is 8.22. The summed E-state index contributed by atoms with van der Waals surface area (Å²) in [5.41, 5.74) is 1.26. The van der Waals surface area contributed by atoms with Crippen molar-refractivity contribution in [2.45, 2.75) is 64.4 Å². The monoisotopic (exact) mass is 398 g/mol. The number of piperidine rings is 1. The molecule has 2 aliphatic heterocycles. The van der Waals surface area contributed by atoms with Crippen molar-refractivity contribution in [1.82, 2.24) is 20.0 Å². The molecule has 0 aliphatic carbocycles. The van der Waals surface area contributed by atoms with E-state index in [1.54, 1.807) is 6.07 Å². The molecule has 0 saturated carbocycles. The van der Waals surface area contributed by atoms with Crippen LogP contribution in [0.25, 0.3) is 0 Å². The molecular formula is C22H30N4O3. The molecule has 7 heteroatoms. The Bertz CT molecular complexity index is 855. The highest BCUT2D eigenvalue weighted by atomic mass is 16.5. The van der Waals surface area contributed by atoms with Gasteiger partial charge in [-0.1, -0.05) is 25.1 Å². The number of aromatic nitrogens is 3. The molecule has 4 heterocycles. The summed E-state index contributed by atoms with van der Waals surface area (Å²) in [7, 11) is 0. The van der Waals surface area contributed by atoms with Crippen molar-refractivity contribution in [3.63, 3.8) is 0 Å². The van der Waals surface area contributed by atoms with Crippen molar-refractivity contribution in [2.24, 2.45) is 5.92 Å². The van der Waals surface area contributed by atoms with E-state index in [0.717, 1.165) is 50.2 Å². The fourth-order valence-electron chi connectivity index (χ4n) is 4.44. The average molecular weight is 399 g/mol. The number of nitrogens with zero attached hydrogens (tertiary/aromatic N) is 4. The Labute approximate surface area is 171 Å². The van der Waals surface area contributed by atoms with Crippen LogP contribution >= 0.6 is 0 Å². The molecule has 2 aliphatic rings. The van der Waals surface area contributed by atoms with E-state index in [1.165, 1.54) is 0 Å². The van der Waals surface area contributed by atoms with E-state index in [9.17, 15) is 4.79 Å². The van der Waals surface area contributed by atoms with Crippen molar-refractivity contribution in [1.29, 1.82) is 0 Å². The van der Waals surface area contributed by atoms with Crippen molar-refractivity contribution >= 4 is 5.91 Å². The van der Waals surface area contributed by atoms with E-state index in [0.29, 0.717) is 30.6 Å². The number of hydrogen-bond acceptors (Lipinski definition) is 6. The van der Waals surface area contributed by atoms with E-state index in [4.69, 9.17) is 9.26 Å². The van der Waals surface area contributed by atoms with Crippen LogP contribution in [0.1, 0.15) is 73.3 Å². The van der Waals surface area contributed by atoms with Gasteiger partial charge in [0.2, 0.25) is 5.89 Å². The molecule has 0 bridgehead atoms. The minimum Gasteiger partial charge on any atom is -0.375 e. The molecule has 7 nitrogen and oxygen atoms in total. The quantitative estimate of drug-likeness (QED) is 0.784. The van der Waals surface area contributed by atoms with Gasteiger partial charge in [0.05, 0.1) is 5.60 Å². The molecule has 0 N–H and O–H groups in total. The van der Waals surface area contributed by atoms with E-state index in [2.05, 4.69) is 29.0 Å². The van der Waals surface area contributed by atoms with Gasteiger partial charge in [-0.15, -0.1) is 0 Å². The lowest BCUT2D eigenvalue weighted by atomic mass is 9.78. The van der Waals surface area contributed by atoms with Crippen molar-refractivity contribution in [3.05, 3.63) is 41.3 Å². The number of ether oxygens (including phenoxy) is 1. The van der Waals surface area contributed by atoms with Gasteiger partial charge in [0.25, 0.3) is 5.91 Å². The van der Waals surface area contributed by atoms with Crippen molar-refractivity contribution < 1.29 is 14.1 Å². The maximum absolute atomic E-state index is 12.8. The summed E-state index contributed by atoms with van der Waals surface area (Å²) in [5, 5.41) is 4.15. The number of pyridine rings is 1. The molecule has 2 saturated heterocycles. The lowest BCUT2D eigenvalue weighted by Crippen LogP contribution is -2.51. The maximum atomic E-state index is 12.8. The fourth-order valence-corrected chi connectivity index (χ4v) is 4.44. The Balaban J connectivity index is 1.35. The molecule has 2 fully saturated rings. The number of aryl methyl sites for hydroxylation is 1. The molecule has 2 aromatic heterocycles. The molecule has 1 unspecified atom stereocenters. The largest absolute Gasteiger partial charge is 0.375 e. The second-order valence-electron chi connectivity index (χ2n) is 8.75. The molecule has 1 atom stereocenters. The molecule has 29 heavy (non-hydrogen) atoms. The van der Waals surface area contributed by atoms with Gasteiger partial charge in [-0.2, -0.15) is 4.98 Å². The molecule has 0 radical (unpaired) electrons. The van der Waals surface area contributed by atoms with Crippen LogP contribution in [-0.2, 0) is 11.2 Å². The first kappa shape index (κ1) is 20.0. The summed E-state index contributed by atoms with van der Waals surface area (Å²) in [6.07, 6.45) is 4.57. The normalized spacial score (nSPS) is 21.7. The van der Waals surface area contributed by atoms with E-state index in [-0.39, 0.29) is 17.4 Å². The lowest BCUT2D eigenvalue weighted by Gasteiger charge is -2.46. The highest BCUT2D eigenvalue weighted by molar-refractivity contribution is 5.92. The predicted molar refractivity (Wildman–Crippen MR) is 108 cm³/mol. The predicted octanol–water partition coefficient (Wildman–Crippen LogP) is 3.54. The Kier molecular flexibility index (Phi) is 5.67. The zero-order valence-corrected chi connectivity index (χ0v) is 17.6. The third-order valence-corrected chi connectivity index (χ3v) is 6.11. The van der Waals surface area contributed by atoms with Crippen LogP contribution in [0.15, 0.2) is 22.7 Å². The summed E-state index contributed by atoms with van der Waals surface area (Å²) in [5.74, 6) is 2.26. The lowest BCUT2D eigenvalue weighted by molar-refractivity contribution is -0.123. The topological polar surface area (TPSA) is 81.4 Å². The third-order valence-electron chi connectivity index (χ3n) is 6.11. The molecule has 4 rings (SSSR count). The third kappa shape index (κ3) is 4.50. The average Bonchev–Trinajstić information content (AvgIpc) is 3.17. The molecule has 1 spiro atoms. The van der Waals surface area contributed by atoms with Gasteiger partial charge >= 0.3 is 0 Å². The number of hydrogen-bond donors (Lipinski definition) is 0. The Morgan fingerprint density at radius 2 is 2.07 bits per heavy atom. The van der Waals surface area contributed by atoms with Crippen LogP contribution in [-0.4, -0.2) is 51.2 Å². The van der Waals surface area contributed by atoms with Crippen LogP contribution in [0.5, 0.6) is 0 Å². The molecule has 156 valence electrons. The molecule has 1 amide bonds. The van der Waals surface area contributed by atoms with Crippen LogP contribution in [0.2, 0.25) is 0 Å².